The van der Waals surface area contributed by atoms with Gasteiger partial charge in [-0.3, -0.25) is 4.79 Å². The third-order valence-corrected chi connectivity index (χ3v) is 7.55. The molecule has 0 aromatic rings. The summed E-state index contributed by atoms with van der Waals surface area (Å²) < 4.78 is 5.86. The van der Waals surface area contributed by atoms with Crippen LogP contribution in [0.25, 0.3) is 0 Å². The highest BCUT2D eigenvalue weighted by molar-refractivity contribution is 5.75. The molecule has 4 rings (SSSR count). The second kappa shape index (κ2) is 6.48. The molecule has 3 heteroatoms. The van der Waals surface area contributed by atoms with Gasteiger partial charge >= 0.3 is 5.97 Å². The van der Waals surface area contributed by atoms with E-state index in [1.54, 1.807) is 0 Å². The van der Waals surface area contributed by atoms with Crippen molar-refractivity contribution in [2.45, 2.75) is 83.3 Å². The normalized spacial score (nSPS) is 43.2. The molecule has 1 saturated heterocycles. The number of carbonyl (C=O) groups is 1. The molecular weight excluding hydrogens is 298 g/mol. The van der Waals surface area contributed by atoms with Crippen LogP contribution in [-0.4, -0.2) is 24.7 Å². The van der Waals surface area contributed by atoms with Gasteiger partial charge in [0.15, 0.2) is 0 Å². The zero-order valence-corrected chi connectivity index (χ0v) is 15.2. The monoisotopic (exact) mass is 331 g/mol. The van der Waals surface area contributed by atoms with E-state index < -0.39 is 0 Å². The number of hydrogen-bond acceptors (Lipinski definition) is 3. The van der Waals surface area contributed by atoms with Gasteiger partial charge in [0.1, 0.15) is 6.10 Å². The fourth-order valence-corrected chi connectivity index (χ4v) is 6.09. The zero-order chi connectivity index (χ0) is 16.7. The van der Waals surface area contributed by atoms with Crippen LogP contribution in [0.1, 0.15) is 71.1 Å². The summed E-state index contributed by atoms with van der Waals surface area (Å²) in [6.45, 7) is 7.60. The van der Waals surface area contributed by atoms with Crippen molar-refractivity contribution in [2.24, 2.45) is 23.2 Å². The molecule has 4 fully saturated rings. The van der Waals surface area contributed by atoms with E-state index in [1.807, 2.05) is 0 Å². The number of nitrogens with one attached hydrogen (secondary N) is 1. The molecule has 0 amide bonds. The van der Waals surface area contributed by atoms with Crippen LogP contribution in [0.3, 0.4) is 0 Å². The van der Waals surface area contributed by atoms with Gasteiger partial charge in [-0.15, -0.1) is 0 Å². The maximum atomic E-state index is 12.5. The molecule has 0 bridgehead atoms. The minimum atomic E-state index is 0.0566. The average Bonchev–Trinajstić information content (AvgIpc) is 2.86. The molecule has 0 radical (unpaired) electrons. The second-order valence-electron chi connectivity index (χ2n) is 9.15. The molecule has 1 heterocycles. The van der Waals surface area contributed by atoms with Gasteiger partial charge in [0.2, 0.25) is 0 Å². The Balaban J connectivity index is 1.43. The Morgan fingerprint density at radius 2 is 2.04 bits per heavy atom. The molecule has 0 aromatic carbocycles. The first kappa shape index (κ1) is 16.6. The first-order valence-corrected chi connectivity index (χ1v) is 10.2. The maximum Gasteiger partial charge on any atom is 0.310 e. The molecule has 1 aliphatic heterocycles. The van der Waals surface area contributed by atoms with Crippen LogP contribution in [0.4, 0.5) is 0 Å². The number of allylic oxidation sites excluding steroid dienone is 1. The third-order valence-electron chi connectivity index (χ3n) is 7.55. The van der Waals surface area contributed by atoms with Crippen LogP contribution in [0.15, 0.2) is 12.2 Å². The number of hydrogen-bond donors (Lipinski definition) is 1. The lowest BCUT2D eigenvalue weighted by atomic mass is 9.55. The minimum absolute atomic E-state index is 0.0566. The molecule has 1 N–H and O–H groups in total. The molecule has 5 atom stereocenters. The van der Waals surface area contributed by atoms with Crippen molar-refractivity contribution in [3.05, 3.63) is 12.2 Å². The molecule has 3 nitrogen and oxygen atoms in total. The summed E-state index contributed by atoms with van der Waals surface area (Å²) in [6.07, 6.45) is 12.6. The van der Waals surface area contributed by atoms with Gasteiger partial charge in [-0.2, -0.15) is 0 Å². The van der Waals surface area contributed by atoms with E-state index in [0.29, 0.717) is 23.3 Å². The van der Waals surface area contributed by atoms with Gasteiger partial charge < -0.3 is 10.1 Å². The lowest BCUT2D eigenvalue weighted by Crippen LogP contribution is -2.46. The van der Waals surface area contributed by atoms with Crippen LogP contribution < -0.4 is 5.32 Å². The van der Waals surface area contributed by atoms with E-state index in [9.17, 15) is 4.79 Å². The van der Waals surface area contributed by atoms with Crippen molar-refractivity contribution >= 4 is 5.97 Å². The first-order chi connectivity index (χ1) is 11.6. The summed E-state index contributed by atoms with van der Waals surface area (Å²) in [7, 11) is 0. The Labute approximate surface area is 146 Å². The highest BCUT2D eigenvalue weighted by atomic mass is 16.6. The predicted octanol–water partition coefficient (Wildman–Crippen LogP) is 4.22. The van der Waals surface area contributed by atoms with E-state index in [4.69, 9.17) is 4.74 Å². The Kier molecular flexibility index (Phi) is 4.49. The Hall–Kier alpha value is -0.830. The van der Waals surface area contributed by atoms with Crippen molar-refractivity contribution in [3.63, 3.8) is 0 Å². The first-order valence-electron chi connectivity index (χ1n) is 10.2. The van der Waals surface area contributed by atoms with Crippen molar-refractivity contribution in [2.75, 3.05) is 6.54 Å². The van der Waals surface area contributed by atoms with Crippen LogP contribution in [0, 0.1) is 23.2 Å². The SMILES string of the molecule is C=C1CCC[C@]2(C)C[C@H]3OC(=O)[C@@H](CNC4CCCCC4)[C@H]3C[C@@H]12. The average molecular weight is 332 g/mol. The summed E-state index contributed by atoms with van der Waals surface area (Å²) in [6, 6.07) is 0.615. The number of ether oxygens (including phenoxy) is 1. The Bertz CT molecular complexity index is 510. The van der Waals surface area contributed by atoms with Gasteiger partial charge in [-0.05, 0) is 56.3 Å². The van der Waals surface area contributed by atoms with Crippen molar-refractivity contribution < 1.29 is 9.53 Å². The molecular formula is C21H33NO2. The lowest BCUT2D eigenvalue weighted by Gasteiger charge is -2.50. The van der Waals surface area contributed by atoms with E-state index >= 15 is 0 Å². The molecule has 134 valence electrons. The van der Waals surface area contributed by atoms with Gasteiger partial charge in [-0.25, -0.2) is 0 Å². The lowest BCUT2D eigenvalue weighted by molar-refractivity contribution is -0.146. The standard InChI is InChI=1S/C21H33NO2/c1-14-7-6-10-21(2)12-19-16(11-18(14)21)17(20(23)24-19)13-22-15-8-4-3-5-9-15/h15-19,22H,1,3-13H2,2H3/t16-,17+,18+,19-,21-/m1/s1. The molecule has 0 unspecified atom stereocenters. The maximum absolute atomic E-state index is 12.5. The molecule has 0 spiro atoms. The topological polar surface area (TPSA) is 38.3 Å². The highest BCUT2D eigenvalue weighted by Gasteiger charge is 2.54. The molecule has 3 aliphatic carbocycles. The molecule has 24 heavy (non-hydrogen) atoms. The Morgan fingerprint density at radius 3 is 2.83 bits per heavy atom. The summed E-state index contributed by atoms with van der Waals surface area (Å²) in [5.74, 6) is 1.12. The fraction of sp³-hybridized carbons (Fsp3) is 0.857. The van der Waals surface area contributed by atoms with Crippen molar-refractivity contribution in [1.29, 1.82) is 0 Å². The minimum Gasteiger partial charge on any atom is -0.462 e. The second-order valence-corrected chi connectivity index (χ2v) is 9.15. The number of esters is 1. The third kappa shape index (κ3) is 2.94. The summed E-state index contributed by atoms with van der Waals surface area (Å²) in [5, 5.41) is 3.70. The highest BCUT2D eigenvalue weighted by Crippen LogP contribution is 2.56. The van der Waals surface area contributed by atoms with E-state index in [2.05, 4.69) is 18.8 Å². The predicted molar refractivity (Wildman–Crippen MR) is 95.6 cm³/mol. The van der Waals surface area contributed by atoms with Gasteiger partial charge in [0, 0.05) is 18.5 Å². The number of carbonyl (C=O) groups excluding carboxylic acids is 1. The summed E-state index contributed by atoms with van der Waals surface area (Å²) >= 11 is 0. The smallest absolute Gasteiger partial charge is 0.310 e. The largest absolute Gasteiger partial charge is 0.462 e. The Morgan fingerprint density at radius 1 is 1.25 bits per heavy atom. The summed E-state index contributed by atoms with van der Waals surface area (Å²) in [5.41, 5.74) is 1.74. The molecule has 0 aromatic heterocycles. The van der Waals surface area contributed by atoms with Gasteiger partial charge in [0.25, 0.3) is 0 Å². The molecule has 3 saturated carbocycles. The van der Waals surface area contributed by atoms with Crippen molar-refractivity contribution in [3.8, 4) is 0 Å². The van der Waals surface area contributed by atoms with Crippen LogP contribution >= 0.6 is 0 Å². The van der Waals surface area contributed by atoms with Crippen LogP contribution in [0.2, 0.25) is 0 Å². The van der Waals surface area contributed by atoms with Crippen LogP contribution in [0.5, 0.6) is 0 Å². The van der Waals surface area contributed by atoms with Crippen LogP contribution in [-0.2, 0) is 9.53 Å². The number of rotatable bonds is 3. The van der Waals surface area contributed by atoms with E-state index in [0.717, 1.165) is 19.4 Å². The summed E-state index contributed by atoms with van der Waals surface area (Å²) in [4.78, 5) is 12.5. The van der Waals surface area contributed by atoms with Crippen molar-refractivity contribution in [1.82, 2.24) is 5.32 Å². The van der Waals surface area contributed by atoms with Gasteiger partial charge in [-0.1, -0.05) is 38.3 Å². The quantitative estimate of drug-likeness (QED) is 0.621. The van der Waals surface area contributed by atoms with E-state index in [-0.39, 0.29) is 18.0 Å². The van der Waals surface area contributed by atoms with Gasteiger partial charge in [0.05, 0.1) is 5.92 Å². The van der Waals surface area contributed by atoms with E-state index in [1.165, 1.54) is 56.9 Å². The molecule has 4 aliphatic rings. The zero-order valence-electron chi connectivity index (χ0n) is 15.2. The fourth-order valence-electron chi connectivity index (χ4n) is 6.09. The number of fused-ring (bicyclic) bond motifs is 2.